The van der Waals surface area contributed by atoms with Gasteiger partial charge in [-0.25, -0.2) is 9.78 Å². The Bertz CT molecular complexity index is 1590. The molecule has 2 aromatic heterocycles. The molecule has 0 aliphatic rings. The number of nitrogen functional groups attached to an aromatic ring is 2. The number of aromatic nitrogens is 3. The van der Waals surface area contributed by atoms with Crippen molar-refractivity contribution in [3.05, 3.63) is 59.8 Å². The molecular weight excluding hydrogens is 526 g/mol. The largest absolute Gasteiger partial charge is 0.466 e. The molecule has 2 aromatic carbocycles. The van der Waals surface area contributed by atoms with E-state index in [9.17, 15) is 14.4 Å². The van der Waals surface area contributed by atoms with E-state index in [2.05, 4.69) is 20.3 Å². The Morgan fingerprint density at radius 3 is 2.44 bits per heavy atom. The third kappa shape index (κ3) is 6.78. The van der Waals surface area contributed by atoms with Crippen molar-refractivity contribution in [1.82, 2.24) is 20.3 Å². The van der Waals surface area contributed by atoms with Crippen molar-refractivity contribution < 1.29 is 23.9 Å². The number of carbonyl (C=O) groups is 3. The number of ether oxygens (including phenoxy) is 2. The molecule has 0 spiro atoms. The molecule has 41 heavy (non-hydrogen) atoms. The van der Waals surface area contributed by atoms with Gasteiger partial charge in [-0.2, -0.15) is 9.97 Å². The smallest absolute Gasteiger partial charge is 0.328 e. The van der Waals surface area contributed by atoms with E-state index in [1.165, 1.54) is 0 Å². The predicted octanol–water partition coefficient (Wildman–Crippen LogP) is 2.98. The summed E-state index contributed by atoms with van der Waals surface area (Å²) >= 11 is 0. The van der Waals surface area contributed by atoms with Gasteiger partial charge in [0.05, 0.1) is 18.6 Å². The van der Waals surface area contributed by atoms with Crippen LogP contribution in [0.4, 0.5) is 17.5 Å². The first kappa shape index (κ1) is 29.0. The van der Waals surface area contributed by atoms with Crippen LogP contribution in [-0.2, 0) is 25.6 Å². The molecule has 4 aromatic rings. The number of rotatable bonds is 11. The monoisotopic (exact) mass is 559 g/mol. The van der Waals surface area contributed by atoms with Gasteiger partial charge in [-0.1, -0.05) is 24.3 Å². The lowest BCUT2D eigenvalue weighted by Gasteiger charge is -2.23. The van der Waals surface area contributed by atoms with Crippen LogP contribution in [0, 0.1) is 0 Å². The van der Waals surface area contributed by atoms with Gasteiger partial charge in [-0.15, -0.1) is 0 Å². The lowest BCUT2D eigenvalue weighted by molar-refractivity contribution is -0.146. The molecule has 0 fully saturated rings. The van der Waals surface area contributed by atoms with Gasteiger partial charge in [0.1, 0.15) is 11.9 Å². The van der Waals surface area contributed by atoms with E-state index in [1.54, 1.807) is 26.1 Å². The first-order valence-electron chi connectivity index (χ1n) is 13.2. The zero-order valence-corrected chi connectivity index (χ0v) is 23.2. The number of nitrogens with two attached hydrogens (primary N) is 2. The molecule has 5 N–H and O–H groups in total. The minimum absolute atomic E-state index is 0.0309. The second kappa shape index (κ2) is 12.9. The summed E-state index contributed by atoms with van der Waals surface area (Å²) in [6.45, 7) is 4.25. The molecule has 1 atom stereocenters. The van der Waals surface area contributed by atoms with Crippen molar-refractivity contribution in [3.8, 4) is 0 Å². The molecule has 0 saturated heterocycles. The van der Waals surface area contributed by atoms with Crippen LogP contribution >= 0.6 is 0 Å². The van der Waals surface area contributed by atoms with Crippen molar-refractivity contribution in [2.45, 2.75) is 39.3 Å². The first-order valence-corrected chi connectivity index (χ1v) is 13.2. The summed E-state index contributed by atoms with van der Waals surface area (Å²) in [6.07, 6.45) is 1.74. The van der Waals surface area contributed by atoms with Crippen molar-refractivity contribution >= 4 is 57.1 Å². The molecule has 4 rings (SSSR count). The Balaban J connectivity index is 1.58. The Kier molecular flexibility index (Phi) is 9.12. The fraction of sp³-hybridized carbons (Fsp3) is 0.310. The van der Waals surface area contributed by atoms with Crippen LogP contribution in [0.2, 0.25) is 0 Å². The van der Waals surface area contributed by atoms with Crippen LogP contribution in [0.1, 0.15) is 42.6 Å². The SMILES string of the molecule is CCOC(=O)CC[C@H](NC(=O)c1ccc(N(C)Cc2cnc3nc(N)nc(N)c3c2)c2ccccc12)C(=O)OCC. The highest BCUT2D eigenvalue weighted by atomic mass is 16.5. The summed E-state index contributed by atoms with van der Waals surface area (Å²) in [5.41, 5.74) is 14.3. The number of pyridine rings is 1. The van der Waals surface area contributed by atoms with Crippen LogP contribution in [-0.4, -0.2) is 59.1 Å². The minimum Gasteiger partial charge on any atom is -0.466 e. The number of fused-ring (bicyclic) bond motifs is 2. The topological polar surface area (TPSA) is 176 Å². The van der Waals surface area contributed by atoms with E-state index in [0.29, 0.717) is 28.5 Å². The maximum atomic E-state index is 13.4. The fourth-order valence-electron chi connectivity index (χ4n) is 4.58. The van der Waals surface area contributed by atoms with Crippen LogP contribution < -0.4 is 21.7 Å². The Labute approximate surface area is 237 Å². The molecule has 0 aliphatic carbocycles. The number of hydrogen-bond donors (Lipinski definition) is 3. The van der Waals surface area contributed by atoms with Gasteiger partial charge >= 0.3 is 11.9 Å². The van der Waals surface area contributed by atoms with Gasteiger partial charge < -0.3 is 31.2 Å². The van der Waals surface area contributed by atoms with Gasteiger partial charge in [0, 0.05) is 42.8 Å². The second-order valence-corrected chi connectivity index (χ2v) is 9.34. The van der Waals surface area contributed by atoms with E-state index in [0.717, 1.165) is 16.6 Å². The van der Waals surface area contributed by atoms with Gasteiger partial charge in [-0.3, -0.25) is 9.59 Å². The minimum atomic E-state index is -1.000. The highest BCUT2D eigenvalue weighted by Crippen LogP contribution is 2.30. The van der Waals surface area contributed by atoms with E-state index in [1.807, 2.05) is 48.3 Å². The Morgan fingerprint density at radius 2 is 1.71 bits per heavy atom. The van der Waals surface area contributed by atoms with Crippen LogP contribution in [0.25, 0.3) is 21.8 Å². The average Bonchev–Trinajstić information content (AvgIpc) is 2.95. The second-order valence-electron chi connectivity index (χ2n) is 9.34. The molecule has 1 amide bonds. The molecule has 0 aliphatic heterocycles. The number of carbonyl (C=O) groups excluding carboxylic acids is 3. The summed E-state index contributed by atoms with van der Waals surface area (Å²) in [5.74, 6) is -1.19. The molecule has 214 valence electrons. The number of hydrogen-bond acceptors (Lipinski definition) is 11. The molecular formula is C29H33N7O5. The molecule has 0 unspecified atom stereocenters. The number of nitrogens with one attached hydrogen (secondary N) is 1. The standard InChI is InChI=1S/C29H33N7O5/c1-4-40-24(37)13-11-22(28(39)41-5-2)33-27(38)20-10-12-23(19-9-7-6-8-18(19)20)36(3)16-17-14-21-25(30)34-29(31)35-26(21)32-15-17/h6-10,12,14-15,22H,4-5,11,13,16H2,1-3H3,(H,33,38)(H4,30,31,32,34,35)/t22-/m0/s1. The van der Waals surface area contributed by atoms with E-state index >= 15 is 0 Å². The van der Waals surface area contributed by atoms with Crippen LogP contribution in [0.15, 0.2) is 48.7 Å². The maximum absolute atomic E-state index is 13.4. The third-order valence-electron chi connectivity index (χ3n) is 6.45. The highest BCUT2D eigenvalue weighted by Gasteiger charge is 2.25. The van der Waals surface area contributed by atoms with Crippen molar-refractivity contribution in [2.24, 2.45) is 0 Å². The quantitative estimate of drug-likeness (QED) is 0.230. The van der Waals surface area contributed by atoms with Gasteiger partial charge in [0.15, 0.2) is 5.65 Å². The van der Waals surface area contributed by atoms with Gasteiger partial charge in [-0.05, 0) is 49.4 Å². The normalized spacial score (nSPS) is 11.7. The van der Waals surface area contributed by atoms with Crippen molar-refractivity contribution in [2.75, 3.05) is 36.6 Å². The van der Waals surface area contributed by atoms with E-state index < -0.39 is 23.9 Å². The van der Waals surface area contributed by atoms with E-state index in [-0.39, 0.29) is 37.8 Å². The lowest BCUT2D eigenvalue weighted by atomic mass is 10.0. The Morgan fingerprint density at radius 1 is 0.976 bits per heavy atom. The van der Waals surface area contributed by atoms with Crippen LogP contribution in [0.3, 0.4) is 0 Å². The summed E-state index contributed by atoms with van der Waals surface area (Å²) in [7, 11) is 1.93. The van der Waals surface area contributed by atoms with Gasteiger partial charge in [0.2, 0.25) is 5.95 Å². The molecule has 2 heterocycles. The number of anilines is 3. The molecule has 0 radical (unpaired) electrons. The number of esters is 2. The summed E-state index contributed by atoms with van der Waals surface area (Å²) in [4.78, 5) is 52.4. The third-order valence-corrected chi connectivity index (χ3v) is 6.45. The van der Waals surface area contributed by atoms with Crippen molar-refractivity contribution in [1.29, 1.82) is 0 Å². The molecule has 12 heteroatoms. The molecule has 0 bridgehead atoms. The summed E-state index contributed by atoms with van der Waals surface area (Å²) < 4.78 is 10.1. The van der Waals surface area contributed by atoms with Gasteiger partial charge in [0.25, 0.3) is 5.91 Å². The maximum Gasteiger partial charge on any atom is 0.328 e. The first-order chi connectivity index (χ1) is 19.7. The fourth-order valence-corrected chi connectivity index (χ4v) is 4.58. The summed E-state index contributed by atoms with van der Waals surface area (Å²) in [5, 5.41) is 4.90. The van der Waals surface area contributed by atoms with E-state index in [4.69, 9.17) is 20.9 Å². The number of amides is 1. The van der Waals surface area contributed by atoms with Crippen LogP contribution in [0.5, 0.6) is 0 Å². The lowest BCUT2D eigenvalue weighted by Crippen LogP contribution is -2.42. The zero-order chi connectivity index (χ0) is 29.5. The zero-order valence-electron chi connectivity index (χ0n) is 23.2. The average molecular weight is 560 g/mol. The highest BCUT2D eigenvalue weighted by molar-refractivity contribution is 6.11. The predicted molar refractivity (Wildman–Crippen MR) is 156 cm³/mol. The Hall–Kier alpha value is -5.00. The summed E-state index contributed by atoms with van der Waals surface area (Å²) in [6, 6.07) is 11.9. The number of benzene rings is 2. The van der Waals surface area contributed by atoms with Crippen molar-refractivity contribution in [3.63, 3.8) is 0 Å². The molecule has 0 saturated carbocycles. The molecule has 12 nitrogen and oxygen atoms in total. The number of nitrogens with zero attached hydrogens (tertiary/aromatic N) is 4.